The molecule has 0 spiro atoms. The molecule has 0 saturated heterocycles. The molecule has 7 heteroatoms. The molecule has 0 bridgehead atoms. The van der Waals surface area contributed by atoms with E-state index in [1.54, 1.807) is 12.1 Å². The summed E-state index contributed by atoms with van der Waals surface area (Å²) >= 11 is 8.94. The SMILES string of the molecule is CC(O)(CNC(=O)c1cc(Cl)ccc1Br)C(=O)O. The van der Waals surface area contributed by atoms with E-state index in [2.05, 4.69) is 21.2 Å². The molecule has 1 aromatic rings. The summed E-state index contributed by atoms with van der Waals surface area (Å²) in [4.78, 5) is 22.4. The monoisotopic (exact) mass is 335 g/mol. The van der Waals surface area contributed by atoms with Crippen molar-refractivity contribution in [3.63, 3.8) is 0 Å². The lowest BCUT2D eigenvalue weighted by Crippen LogP contribution is -2.46. The van der Waals surface area contributed by atoms with Crippen LogP contribution in [-0.4, -0.2) is 34.2 Å². The van der Waals surface area contributed by atoms with Crippen LogP contribution in [0.1, 0.15) is 17.3 Å². The van der Waals surface area contributed by atoms with E-state index >= 15 is 0 Å². The van der Waals surface area contributed by atoms with Gasteiger partial charge in [-0.1, -0.05) is 11.6 Å². The van der Waals surface area contributed by atoms with Crippen LogP contribution in [0.5, 0.6) is 0 Å². The molecule has 0 fully saturated rings. The summed E-state index contributed by atoms with van der Waals surface area (Å²) in [6.45, 7) is 0.697. The summed E-state index contributed by atoms with van der Waals surface area (Å²) in [6, 6.07) is 4.65. The number of hydrogen-bond donors (Lipinski definition) is 3. The minimum absolute atomic E-state index is 0.267. The predicted molar refractivity (Wildman–Crippen MR) is 69.7 cm³/mol. The Hall–Kier alpha value is -1.11. The molecule has 0 aliphatic carbocycles. The normalized spacial score (nSPS) is 13.8. The minimum Gasteiger partial charge on any atom is -0.479 e. The molecule has 0 aliphatic rings. The van der Waals surface area contributed by atoms with Gasteiger partial charge >= 0.3 is 5.97 Å². The summed E-state index contributed by atoms with van der Waals surface area (Å²) in [6.07, 6.45) is 0. The Labute approximate surface area is 117 Å². The Kier molecular flexibility index (Phi) is 4.72. The maximum absolute atomic E-state index is 11.8. The summed E-state index contributed by atoms with van der Waals surface area (Å²) < 4.78 is 0.527. The van der Waals surface area contributed by atoms with Gasteiger partial charge in [-0.05, 0) is 41.1 Å². The Morgan fingerprint density at radius 3 is 2.67 bits per heavy atom. The van der Waals surface area contributed by atoms with E-state index in [4.69, 9.17) is 16.7 Å². The Bertz CT molecular complexity index is 490. The third-order valence-corrected chi connectivity index (χ3v) is 3.15. The lowest BCUT2D eigenvalue weighted by atomic mass is 10.1. The van der Waals surface area contributed by atoms with E-state index in [0.29, 0.717) is 9.50 Å². The second-order valence-electron chi connectivity index (χ2n) is 3.89. The van der Waals surface area contributed by atoms with Gasteiger partial charge in [0.1, 0.15) is 0 Å². The fourth-order valence-corrected chi connectivity index (χ4v) is 1.69. The zero-order chi connectivity index (χ0) is 13.9. The average Bonchev–Trinajstić information content (AvgIpc) is 2.29. The fraction of sp³-hybridized carbons (Fsp3) is 0.273. The molecule has 0 radical (unpaired) electrons. The first-order valence-corrected chi connectivity index (χ1v) is 6.10. The quantitative estimate of drug-likeness (QED) is 0.780. The van der Waals surface area contributed by atoms with Gasteiger partial charge in [-0.25, -0.2) is 4.79 Å². The number of aliphatic hydroxyl groups is 1. The van der Waals surface area contributed by atoms with Crippen molar-refractivity contribution in [2.45, 2.75) is 12.5 Å². The number of benzene rings is 1. The van der Waals surface area contributed by atoms with E-state index in [0.717, 1.165) is 6.92 Å². The number of hydrogen-bond acceptors (Lipinski definition) is 3. The van der Waals surface area contributed by atoms with Crippen molar-refractivity contribution in [2.24, 2.45) is 0 Å². The van der Waals surface area contributed by atoms with Gasteiger partial charge in [-0.15, -0.1) is 0 Å². The number of amides is 1. The number of carboxylic acids is 1. The molecule has 1 atom stereocenters. The van der Waals surface area contributed by atoms with Crippen molar-refractivity contribution in [1.29, 1.82) is 0 Å². The summed E-state index contributed by atoms with van der Waals surface area (Å²) in [5.41, 5.74) is -1.75. The summed E-state index contributed by atoms with van der Waals surface area (Å²) in [5, 5.41) is 20.9. The maximum atomic E-state index is 11.8. The Balaban J connectivity index is 2.78. The van der Waals surface area contributed by atoms with Crippen molar-refractivity contribution >= 4 is 39.4 Å². The fourth-order valence-electron chi connectivity index (χ4n) is 1.09. The van der Waals surface area contributed by atoms with E-state index < -0.39 is 24.0 Å². The van der Waals surface area contributed by atoms with Gasteiger partial charge in [0, 0.05) is 9.50 Å². The van der Waals surface area contributed by atoms with Gasteiger partial charge in [0.05, 0.1) is 12.1 Å². The Morgan fingerprint density at radius 2 is 2.11 bits per heavy atom. The first-order valence-electron chi connectivity index (χ1n) is 4.93. The number of nitrogens with one attached hydrogen (secondary N) is 1. The van der Waals surface area contributed by atoms with Crippen LogP contribution in [0.3, 0.4) is 0 Å². The lowest BCUT2D eigenvalue weighted by Gasteiger charge is -2.18. The highest BCUT2D eigenvalue weighted by atomic mass is 79.9. The molecule has 1 unspecified atom stereocenters. The van der Waals surface area contributed by atoms with Crippen molar-refractivity contribution in [1.82, 2.24) is 5.32 Å². The summed E-state index contributed by atoms with van der Waals surface area (Å²) in [7, 11) is 0. The number of carbonyl (C=O) groups excluding carboxylic acids is 1. The second-order valence-corrected chi connectivity index (χ2v) is 5.18. The number of rotatable bonds is 4. The third kappa shape index (κ3) is 3.69. The van der Waals surface area contributed by atoms with Crippen LogP contribution in [0.4, 0.5) is 0 Å². The van der Waals surface area contributed by atoms with Crippen LogP contribution in [0.25, 0.3) is 0 Å². The molecular weight excluding hydrogens is 325 g/mol. The second kappa shape index (κ2) is 5.69. The van der Waals surface area contributed by atoms with Gasteiger partial charge in [0.2, 0.25) is 0 Å². The van der Waals surface area contributed by atoms with E-state index in [-0.39, 0.29) is 5.56 Å². The molecule has 5 nitrogen and oxygen atoms in total. The Morgan fingerprint density at radius 1 is 1.50 bits per heavy atom. The maximum Gasteiger partial charge on any atom is 0.337 e. The van der Waals surface area contributed by atoms with Gasteiger partial charge in [0.25, 0.3) is 5.91 Å². The van der Waals surface area contributed by atoms with Crippen LogP contribution in [-0.2, 0) is 4.79 Å². The standard InChI is InChI=1S/C11H11BrClNO4/c1-11(18,10(16)17)5-14-9(15)7-4-6(13)2-3-8(7)12/h2-4,18H,5H2,1H3,(H,14,15)(H,16,17). The third-order valence-electron chi connectivity index (χ3n) is 2.23. The largest absolute Gasteiger partial charge is 0.479 e. The molecular formula is C11H11BrClNO4. The molecule has 1 rings (SSSR count). The van der Waals surface area contributed by atoms with E-state index in [1.807, 2.05) is 0 Å². The summed E-state index contributed by atoms with van der Waals surface area (Å²) in [5.74, 6) is -1.93. The van der Waals surface area contributed by atoms with E-state index in [1.165, 1.54) is 6.07 Å². The van der Waals surface area contributed by atoms with Crippen LogP contribution in [0, 0.1) is 0 Å². The number of carboxylic acid groups (broad SMARTS) is 1. The van der Waals surface area contributed by atoms with Crippen molar-refractivity contribution < 1.29 is 19.8 Å². The molecule has 18 heavy (non-hydrogen) atoms. The van der Waals surface area contributed by atoms with Crippen LogP contribution in [0.15, 0.2) is 22.7 Å². The zero-order valence-corrected chi connectivity index (χ0v) is 11.7. The first kappa shape index (κ1) is 14.9. The average molecular weight is 337 g/mol. The van der Waals surface area contributed by atoms with E-state index in [9.17, 15) is 14.7 Å². The van der Waals surface area contributed by atoms with Crippen molar-refractivity contribution in [3.8, 4) is 0 Å². The van der Waals surface area contributed by atoms with Crippen LogP contribution in [0.2, 0.25) is 5.02 Å². The minimum atomic E-state index is -2.01. The van der Waals surface area contributed by atoms with Gasteiger partial charge in [-0.2, -0.15) is 0 Å². The number of aliphatic carboxylic acids is 1. The smallest absolute Gasteiger partial charge is 0.337 e. The first-order chi connectivity index (χ1) is 8.24. The lowest BCUT2D eigenvalue weighted by molar-refractivity contribution is -0.155. The molecule has 0 aliphatic heterocycles. The predicted octanol–water partition coefficient (Wildman–Crippen LogP) is 1.67. The molecule has 3 N–H and O–H groups in total. The van der Waals surface area contributed by atoms with Crippen LogP contribution >= 0.6 is 27.5 Å². The highest BCUT2D eigenvalue weighted by molar-refractivity contribution is 9.10. The van der Waals surface area contributed by atoms with Gasteiger partial charge < -0.3 is 15.5 Å². The number of carbonyl (C=O) groups is 2. The van der Waals surface area contributed by atoms with Gasteiger partial charge in [-0.3, -0.25) is 4.79 Å². The zero-order valence-electron chi connectivity index (χ0n) is 9.41. The highest BCUT2D eigenvalue weighted by Gasteiger charge is 2.30. The highest BCUT2D eigenvalue weighted by Crippen LogP contribution is 2.21. The molecule has 0 saturated carbocycles. The van der Waals surface area contributed by atoms with Crippen LogP contribution < -0.4 is 5.32 Å². The number of halogens is 2. The van der Waals surface area contributed by atoms with Crippen molar-refractivity contribution in [3.05, 3.63) is 33.3 Å². The molecule has 0 aromatic heterocycles. The topological polar surface area (TPSA) is 86.6 Å². The van der Waals surface area contributed by atoms with Crippen molar-refractivity contribution in [2.75, 3.05) is 6.54 Å². The molecule has 1 aromatic carbocycles. The van der Waals surface area contributed by atoms with Gasteiger partial charge in [0.15, 0.2) is 5.60 Å². The molecule has 0 heterocycles. The molecule has 98 valence electrons. The molecule has 1 amide bonds.